The van der Waals surface area contributed by atoms with E-state index >= 15 is 0 Å². The van der Waals surface area contributed by atoms with Gasteiger partial charge in [-0.3, -0.25) is 0 Å². The molecule has 1 saturated heterocycles. The van der Waals surface area contributed by atoms with Crippen LogP contribution < -0.4 is 0 Å². The lowest BCUT2D eigenvalue weighted by Gasteiger charge is -2.31. The number of hydrogen-bond acceptors (Lipinski definition) is 5. The van der Waals surface area contributed by atoms with E-state index in [0.717, 1.165) is 31.5 Å². The lowest BCUT2D eigenvalue weighted by molar-refractivity contribution is 0.246. The molecule has 1 aromatic carbocycles. The van der Waals surface area contributed by atoms with Gasteiger partial charge in [0.05, 0.1) is 4.90 Å². The fraction of sp³-hybridized carbons (Fsp3) is 0.556. The van der Waals surface area contributed by atoms with Gasteiger partial charge in [0.25, 0.3) is 0 Å². The normalized spacial score (nSPS) is 21.8. The van der Waals surface area contributed by atoms with Gasteiger partial charge in [-0.1, -0.05) is 22.8 Å². The monoisotopic (exact) mass is 395 g/mol. The number of sulfonamides is 1. The van der Waals surface area contributed by atoms with Crippen molar-refractivity contribution in [3.05, 3.63) is 40.5 Å². The number of hydrogen-bond donors (Lipinski definition) is 0. The van der Waals surface area contributed by atoms with E-state index in [1.54, 1.807) is 29.4 Å². The first-order chi connectivity index (χ1) is 12.4. The predicted molar refractivity (Wildman–Crippen MR) is 97.6 cm³/mol. The summed E-state index contributed by atoms with van der Waals surface area (Å²) in [5, 5.41) is 4.52. The van der Waals surface area contributed by atoms with E-state index < -0.39 is 10.0 Å². The summed E-state index contributed by atoms with van der Waals surface area (Å²) in [7, 11) is -3.56. The third-order valence-corrected chi connectivity index (χ3v) is 7.63. The van der Waals surface area contributed by atoms with Crippen LogP contribution in [0.3, 0.4) is 0 Å². The third-order valence-electron chi connectivity index (χ3n) is 5.21. The maximum Gasteiger partial charge on any atom is 0.243 e. The van der Waals surface area contributed by atoms with E-state index in [4.69, 9.17) is 16.1 Å². The van der Waals surface area contributed by atoms with Crippen molar-refractivity contribution >= 4 is 21.6 Å². The maximum atomic E-state index is 13.1. The molecule has 0 radical (unpaired) electrons. The summed E-state index contributed by atoms with van der Waals surface area (Å²) in [4.78, 5) is 4.77. The molecule has 1 aliphatic heterocycles. The first kappa shape index (κ1) is 17.9. The molecule has 140 valence electrons. The highest BCUT2D eigenvalue weighted by atomic mass is 35.5. The molecule has 0 bridgehead atoms. The highest BCUT2D eigenvalue weighted by Crippen LogP contribution is 2.38. The van der Waals surface area contributed by atoms with Crippen molar-refractivity contribution in [3.8, 4) is 0 Å². The fourth-order valence-electron chi connectivity index (χ4n) is 3.52. The second kappa shape index (κ2) is 6.94. The molecule has 2 aromatic rings. The summed E-state index contributed by atoms with van der Waals surface area (Å²) >= 11 is 6.12. The number of halogens is 1. The second-order valence-electron chi connectivity index (χ2n) is 7.26. The zero-order valence-corrected chi connectivity index (χ0v) is 16.3. The van der Waals surface area contributed by atoms with Crippen molar-refractivity contribution in [1.29, 1.82) is 0 Å². The molecule has 1 aliphatic carbocycles. The molecule has 1 saturated carbocycles. The topological polar surface area (TPSA) is 76.3 Å². The molecule has 1 atom stereocenters. The van der Waals surface area contributed by atoms with Crippen LogP contribution in [0.5, 0.6) is 0 Å². The Hall–Kier alpha value is -1.44. The number of rotatable bonds is 5. The molecule has 4 rings (SSSR count). The lowest BCUT2D eigenvalue weighted by Crippen LogP contribution is -2.40. The quantitative estimate of drug-likeness (QED) is 0.773. The van der Waals surface area contributed by atoms with Crippen LogP contribution in [0.4, 0.5) is 0 Å². The van der Waals surface area contributed by atoms with E-state index in [1.165, 1.54) is 0 Å². The van der Waals surface area contributed by atoms with Crippen molar-refractivity contribution in [2.75, 3.05) is 13.1 Å². The molecule has 2 heterocycles. The Morgan fingerprint density at radius 1 is 1.31 bits per heavy atom. The van der Waals surface area contributed by atoms with Crippen LogP contribution in [0.1, 0.15) is 48.9 Å². The van der Waals surface area contributed by atoms with Gasteiger partial charge in [-0.05, 0) is 56.2 Å². The molecule has 1 aromatic heterocycles. The predicted octanol–water partition coefficient (Wildman–Crippen LogP) is 3.55. The van der Waals surface area contributed by atoms with Crippen LogP contribution in [-0.4, -0.2) is 36.0 Å². The average molecular weight is 396 g/mol. The molecule has 0 unspecified atom stereocenters. The Morgan fingerprint density at radius 2 is 2.12 bits per heavy atom. The molecule has 0 N–H and O–H groups in total. The van der Waals surface area contributed by atoms with Crippen LogP contribution in [0.25, 0.3) is 0 Å². The van der Waals surface area contributed by atoms with Gasteiger partial charge in [-0.15, -0.1) is 0 Å². The maximum absolute atomic E-state index is 13.1. The van der Waals surface area contributed by atoms with Crippen LogP contribution in [-0.2, 0) is 16.4 Å². The van der Waals surface area contributed by atoms with E-state index in [0.29, 0.717) is 46.8 Å². The molecule has 6 nitrogen and oxygen atoms in total. The molecular formula is C18H22ClN3O3S. The van der Waals surface area contributed by atoms with Crippen LogP contribution in [0.15, 0.2) is 27.6 Å². The Morgan fingerprint density at radius 3 is 2.88 bits per heavy atom. The Balaban J connectivity index is 1.49. The van der Waals surface area contributed by atoms with E-state index in [2.05, 4.69) is 10.1 Å². The zero-order chi connectivity index (χ0) is 18.3. The number of benzene rings is 1. The Kier molecular flexibility index (Phi) is 4.79. The number of aromatic nitrogens is 2. The summed E-state index contributed by atoms with van der Waals surface area (Å²) in [5.41, 5.74) is 0.599. The van der Waals surface area contributed by atoms with Crippen LogP contribution in [0, 0.1) is 12.8 Å². The molecule has 2 fully saturated rings. The minimum atomic E-state index is -3.56. The SMILES string of the molecule is Cc1c(Cl)cccc1S(=O)(=O)N1CCC[C@H](Cc2nc(C3CC3)no2)C1. The lowest BCUT2D eigenvalue weighted by atomic mass is 9.96. The van der Waals surface area contributed by atoms with Gasteiger partial charge >= 0.3 is 0 Å². The summed E-state index contributed by atoms with van der Waals surface area (Å²) in [5.74, 6) is 2.07. The zero-order valence-electron chi connectivity index (χ0n) is 14.7. The van der Waals surface area contributed by atoms with Gasteiger partial charge in [-0.2, -0.15) is 9.29 Å². The first-order valence-corrected chi connectivity index (χ1v) is 10.8. The smallest absolute Gasteiger partial charge is 0.243 e. The summed E-state index contributed by atoms with van der Waals surface area (Å²) in [6.45, 7) is 2.74. The van der Waals surface area contributed by atoms with Gasteiger partial charge in [0.15, 0.2) is 5.82 Å². The molecule has 0 spiro atoms. The van der Waals surface area contributed by atoms with Gasteiger partial charge < -0.3 is 4.52 Å². The summed E-state index contributed by atoms with van der Waals surface area (Å²) in [6.07, 6.45) is 4.68. The van der Waals surface area contributed by atoms with Crippen molar-refractivity contribution < 1.29 is 12.9 Å². The summed E-state index contributed by atoms with van der Waals surface area (Å²) in [6, 6.07) is 5.02. The van der Waals surface area contributed by atoms with Crippen molar-refractivity contribution in [3.63, 3.8) is 0 Å². The molecule has 0 amide bonds. The van der Waals surface area contributed by atoms with Gasteiger partial charge in [-0.25, -0.2) is 8.42 Å². The minimum Gasteiger partial charge on any atom is -0.339 e. The second-order valence-corrected chi connectivity index (χ2v) is 9.57. The van der Waals surface area contributed by atoms with Gasteiger partial charge in [0.2, 0.25) is 15.9 Å². The summed E-state index contributed by atoms with van der Waals surface area (Å²) < 4.78 is 33.1. The van der Waals surface area contributed by atoms with E-state index in [1.807, 2.05) is 0 Å². The first-order valence-electron chi connectivity index (χ1n) is 9.03. The van der Waals surface area contributed by atoms with Crippen LogP contribution in [0.2, 0.25) is 5.02 Å². The minimum absolute atomic E-state index is 0.186. The molecular weight excluding hydrogens is 374 g/mol. The van der Waals surface area contributed by atoms with Crippen molar-refractivity contribution in [2.24, 2.45) is 5.92 Å². The molecule has 26 heavy (non-hydrogen) atoms. The highest BCUT2D eigenvalue weighted by Gasteiger charge is 2.33. The molecule has 2 aliphatic rings. The van der Waals surface area contributed by atoms with Gasteiger partial charge in [0.1, 0.15) is 0 Å². The molecule has 8 heteroatoms. The van der Waals surface area contributed by atoms with Crippen molar-refractivity contribution in [2.45, 2.75) is 49.8 Å². The Labute approximate surface area is 158 Å². The van der Waals surface area contributed by atoms with E-state index in [-0.39, 0.29) is 5.92 Å². The number of nitrogens with zero attached hydrogens (tertiary/aromatic N) is 3. The van der Waals surface area contributed by atoms with E-state index in [9.17, 15) is 8.42 Å². The average Bonchev–Trinajstić information content (AvgIpc) is 3.37. The van der Waals surface area contributed by atoms with Crippen LogP contribution >= 0.6 is 11.6 Å². The number of piperidine rings is 1. The Bertz CT molecular complexity index is 908. The third kappa shape index (κ3) is 3.52. The van der Waals surface area contributed by atoms with Gasteiger partial charge in [0, 0.05) is 30.5 Å². The fourth-order valence-corrected chi connectivity index (χ4v) is 5.56. The van der Waals surface area contributed by atoms with Crippen molar-refractivity contribution in [1.82, 2.24) is 14.4 Å². The largest absolute Gasteiger partial charge is 0.339 e. The highest BCUT2D eigenvalue weighted by molar-refractivity contribution is 7.89. The standard InChI is InChI=1S/C18H22ClN3O3S/c1-12-15(19)5-2-6-16(12)26(23,24)22-9-3-4-13(11-22)10-17-20-18(21-25-17)14-7-8-14/h2,5-6,13-14H,3-4,7-11H2,1H3/t13-/m1/s1.